The van der Waals surface area contributed by atoms with Gasteiger partial charge in [0, 0.05) is 37.4 Å². The van der Waals surface area contributed by atoms with Crippen LogP contribution >= 0.6 is 0 Å². The predicted molar refractivity (Wildman–Crippen MR) is 129 cm³/mol. The fourth-order valence-corrected chi connectivity index (χ4v) is 4.40. The van der Waals surface area contributed by atoms with Gasteiger partial charge in [-0.05, 0) is 50.7 Å². The smallest absolute Gasteiger partial charge is 0.140 e. The van der Waals surface area contributed by atoms with E-state index in [1.54, 1.807) is 0 Å². The van der Waals surface area contributed by atoms with Crippen LogP contribution in [0.2, 0.25) is 0 Å². The summed E-state index contributed by atoms with van der Waals surface area (Å²) in [4.78, 5) is 10.2. The van der Waals surface area contributed by atoms with Crippen molar-refractivity contribution in [1.29, 1.82) is 0 Å². The van der Waals surface area contributed by atoms with Crippen molar-refractivity contribution in [2.24, 2.45) is 0 Å². The molecule has 1 aromatic heterocycles. The number of aryl methyl sites for hydroxylation is 1. The lowest BCUT2D eigenvalue weighted by Gasteiger charge is -2.28. The molecule has 0 saturated carbocycles. The van der Waals surface area contributed by atoms with Crippen LogP contribution in [0.4, 0.5) is 0 Å². The van der Waals surface area contributed by atoms with Crippen LogP contribution in [-0.4, -0.2) is 51.6 Å². The maximum atomic E-state index is 5.09. The highest BCUT2D eigenvalue weighted by atomic mass is 15.2. The Hall–Kier alpha value is -2.17. The van der Waals surface area contributed by atoms with Crippen LogP contribution < -0.4 is 0 Å². The highest BCUT2D eigenvalue weighted by Crippen LogP contribution is 2.28. The van der Waals surface area contributed by atoms with E-state index in [-0.39, 0.29) is 0 Å². The number of hydrogen-bond donors (Lipinski definition) is 0. The van der Waals surface area contributed by atoms with Crippen LogP contribution in [0.3, 0.4) is 0 Å². The van der Waals surface area contributed by atoms with Crippen LogP contribution in [0, 0.1) is 0 Å². The summed E-state index contributed by atoms with van der Waals surface area (Å²) in [6.45, 7) is 17.6. The van der Waals surface area contributed by atoms with E-state index in [0.29, 0.717) is 6.04 Å². The second-order valence-electron chi connectivity index (χ2n) is 8.10. The van der Waals surface area contributed by atoms with E-state index in [1.807, 2.05) is 0 Å². The molecule has 4 heteroatoms. The van der Waals surface area contributed by atoms with Gasteiger partial charge in [-0.1, -0.05) is 63.2 Å². The Balaban J connectivity index is 1.78. The number of fused-ring (bicyclic) bond motifs is 1. The molecule has 0 fully saturated rings. The van der Waals surface area contributed by atoms with Gasteiger partial charge in [0.25, 0.3) is 0 Å². The van der Waals surface area contributed by atoms with Crippen LogP contribution in [0.25, 0.3) is 22.2 Å². The average molecular weight is 407 g/mol. The minimum absolute atomic E-state index is 0.619. The van der Waals surface area contributed by atoms with Crippen molar-refractivity contribution in [2.75, 3.05) is 26.2 Å². The fourth-order valence-electron chi connectivity index (χ4n) is 4.40. The van der Waals surface area contributed by atoms with E-state index < -0.39 is 0 Å². The summed E-state index contributed by atoms with van der Waals surface area (Å²) in [6.07, 6.45) is 3.44. The number of aromatic nitrogens is 2. The first-order valence-electron chi connectivity index (χ1n) is 11.6. The summed E-state index contributed by atoms with van der Waals surface area (Å²) in [5.41, 5.74) is 2.39. The molecule has 0 N–H and O–H groups in total. The minimum Gasteiger partial charge on any atom is -0.331 e. The molecule has 0 aliphatic heterocycles. The van der Waals surface area contributed by atoms with E-state index >= 15 is 0 Å². The average Bonchev–Trinajstić information content (AvgIpc) is 3.19. The van der Waals surface area contributed by atoms with Gasteiger partial charge in [-0.15, -0.1) is 0 Å². The second-order valence-corrected chi connectivity index (χ2v) is 8.10. The van der Waals surface area contributed by atoms with Gasteiger partial charge in [0.2, 0.25) is 0 Å². The van der Waals surface area contributed by atoms with Crippen molar-refractivity contribution in [1.82, 2.24) is 19.4 Å². The number of rotatable bonds is 11. The molecule has 4 nitrogen and oxygen atoms in total. The van der Waals surface area contributed by atoms with Crippen molar-refractivity contribution >= 4 is 10.8 Å². The van der Waals surface area contributed by atoms with E-state index in [1.165, 1.54) is 22.8 Å². The normalized spacial score (nSPS) is 12.9. The molecule has 1 heterocycles. The first kappa shape index (κ1) is 22.5. The molecule has 0 saturated heterocycles. The van der Waals surface area contributed by atoms with Crippen molar-refractivity contribution < 1.29 is 0 Å². The Bertz CT molecular complexity index is 920. The van der Waals surface area contributed by atoms with Gasteiger partial charge >= 0.3 is 0 Å². The quantitative estimate of drug-likeness (QED) is 0.410. The highest BCUT2D eigenvalue weighted by Gasteiger charge is 2.16. The molecule has 0 spiro atoms. The number of hydrogen-bond acceptors (Lipinski definition) is 3. The lowest BCUT2D eigenvalue weighted by atomic mass is 10.0. The summed E-state index contributed by atoms with van der Waals surface area (Å²) >= 11 is 0. The molecule has 0 aliphatic rings. The Kier molecular flexibility index (Phi) is 8.06. The molecule has 162 valence electrons. The van der Waals surface area contributed by atoms with E-state index in [9.17, 15) is 0 Å². The monoisotopic (exact) mass is 406 g/mol. The first-order valence-corrected chi connectivity index (χ1v) is 11.6. The molecule has 30 heavy (non-hydrogen) atoms. The van der Waals surface area contributed by atoms with Gasteiger partial charge in [0.1, 0.15) is 5.82 Å². The minimum atomic E-state index is 0.619. The molecular formula is C26H38N4. The summed E-state index contributed by atoms with van der Waals surface area (Å²) in [5.74, 6) is 1.08. The standard InChI is InChI=1S/C26H38N4/c1-6-28(18-17-21(5)29(7-2)8-3)19-23-20-30(9-4)26(27-23)25-16-12-14-22-13-10-11-15-24(22)25/h10-16,20-21H,6-9,17-19H2,1-5H3. The van der Waals surface area contributed by atoms with Crippen molar-refractivity contribution in [3.63, 3.8) is 0 Å². The van der Waals surface area contributed by atoms with Crippen LogP contribution in [0.15, 0.2) is 48.7 Å². The summed E-state index contributed by atoms with van der Waals surface area (Å²) in [5, 5.41) is 2.54. The first-order chi connectivity index (χ1) is 14.6. The number of nitrogens with zero attached hydrogens (tertiary/aromatic N) is 4. The Morgan fingerprint density at radius 3 is 2.37 bits per heavy atom. The van der Waals surface area contributed by atoms with Gasteiger partial charge < -0.3 is 9.47 Å². The van der Waals surface area contributed by atoms with E-state index in [4.69, 9.17) is 4.98 Å². The summed E-state index contributed by atoms with van der Waals surface area (Å²) in [6, 6.07) is 15.7. The Morgan fingerprint density at radius 1 is 0.933 bits per heavy atom. The van der Waals surface area contributed by atoms with Gasteiger partial charge in [-0.25, -0.2) is 4.98 Å². The SMILES string of the molecule is CCN(CCC(C)N(CC)CC)Cc1cn(CC)c(-c2cccc3ccccc23)n1. The summed E-state index contributed by atoms with van der Waals surface area (Å²) < 4.78 is 2.30. The maximum Gasteiger partial charge on any atom is 0.140 e. The maximum absolute atomic E-state index is 5.09. The van der Waals surface area contributed by atoms with Crippen molar-refractivity contribution in [3.8, 4) is 11.4 Å². The topological polar surface area (TPSA) is 24.3 Å². The molecule has 0 radical (unpaired) electrons. The molecule has 3 rings (SSSR count). The third-order valence-corrected chi connectivity index (χ3v) is 6.33. The second kappa shape index (κ2) is 10.7. The lowest BCUT2D eigenvalue weighted by molar-refractivity contribution is 0.186. The zero-order valence-corrected chi connectivity index (χ0v) is 19.4. The van der Waals surface area contributed by atoms with Crippen molar-refractivity contribution in [3.05, 3.63) is 54.4 Å². The number of benzene rings is 2. The molecule has 0 amide bonds. The third-order valence-electron chi connectivity index (χ3n) is 6.33. The van der Waals surface area contributed by atoms with Gasteiger partial charge in [-0.3, -0.25) is 4.90 Å². The van der Waals surface area contributed by atoms with E-state index in [0.717, 1.165) is 50.8 Å². The van der Waals surface area contributed by atoms with Gasteiger partial charge in [0.05, 0.1) is 5.69 Å². The zero-order valence-electron chi connectivity index (χ0n) is 19.4. The molecule has 1 unspecified atom stereocenters. The molecule has 0 bridgehead atoms. The third kappa shape index (κ3) is 5.11. The van der Waals surface area contributed by atoms with Crippen LogP contribution in [0.5, 0.6) is 0 Å². The molecule has 0 aliphatic carbocycles. The highest BCUT2D eigenvalue weighted by molar-refractivity contribution is 5.95. The van der Waals surface area contributed by atoms with Gasteiger partial charge in [-0.2, -0.15) is 0 Å². The Labute approximate surface area is 182 Å². The molecule has 3 aromatic rings. The van der Waals surface area contributed by atoms with Gasteiger partial charge in [0.15, 0.2) is 0 Å². The van der Waals surface area contributed by atoms with Crippen LogP contribution in [-0.2, 0) is 13.1 Å². The molecule has 2 aromatic carbocycles. The summed E-state index contributed by atoms with van der Waals surface area (Å²) in [7, 11) is 0. The molecular weight excluding hydrogens is 368 g/mol. The number of imidazole rings is 1. The van der Waals surface area contributed by atoms with Crippen LogP contribution in [0.1, 0.15) is 46.7 Å². The largest absolute Gasteiger partial charge is 0.331 e. The van der Waals surface area contributed by atoms with Crippen molar-refractivity contribution in [2.45, 2.75) is 60.2 Å². The van der Waals surface area contributed by atoms with E-state index in [2.05, 4.69) is 97.6 Å². The predicted octanol–water partition coefficient (Wildman–Crippen LogP) is 5.67. The fraction of sp³-hybridized carbons (Fsp3) is 0.500. The Morgan fingerprint density at radius 2 is 1.67 bits per heavy atom. The molecule has 1 atom stereocenters. The lowest BCUT2D eigenvalue weighted by Crippen LogP contribution is -2.36. The zero-order chi connectivity index (χ0) is 21.5.